The first kappa shape index (κ1) is 29.6. The number of piperidine rings is 2. The molecule has 4 amide bonds. The van der Waals surface area contributed by atoms with Crippen LogP contribution in [-0.2, 0) is 24.0 Å². The van der Waals surface area contributed by atoms with Gasteiger partial charge in [-0.05, 0) is 54.9 Å². The van der Waals surface area contributed by atoms with Crippen molar-refractivity contribution in [1.82, 2.24) is 20.9 Å². The number of nitrogens with one attached hydrogen (secondary N) is 3. The van der Waals surface area contributed by atoms with Gasteiger partial charge in [-0.25, -0.2) is 0 Å². The minimum absolute atomic E-state index is 0.0431. The van der Waals surface area contributed by atoms with E-state index in [1.165, 1.54) is 4.90 Å². The van der Waals surface area contributed by atoms with Gasteiger partial charge < -0.3 is 20.9 Å². The maximum atomic E-state index is 13.6. The van der Waals surface area contributed by atoms with Crippen LogP contribution in [0.1, 0.15) is 53.4 Å². The highest BCUT2D eigenvalue weighted by Crippen LogP contribution is 2.65. The fraction of sp³-hybridized carbons (Fsp3) is 0.731. The fourth-order valence-electron chi connectivity index (χ4n) is 5.94. The molecule has 3 aliphatic rings. The van der Waals surface area contributed by atoms with Gasteiger partial charge >= 0.3 is 12.1 Å². The van der Waals surface area contributed by atoms with Crippen LogP contribution in [0.3, 0.4) is 0 Å². The zero-order chi connectivity index (χ0) is 28.6. The van der Waals surface area contributed by atoms with Crippen LogP contribution in [-0.4, -0.2) is 71.7 Å². The van der Waals surface area contributed by atoms with Gasteiger partial charge in [0.2, 0.25) is 17.7 Å². The maximum Gasteiger partial charge on any atom is 0.471 e. The number of carbonyl (C=O) groups is 5. The normalized spacial score (nSPS) is 27.6. The Labute approximate surface area is 220 Å². The average Bonchev–Trinajstić information content (AvgIpc) is 3.16. The molecule has 0 aromatic rings. The summed E-state index contributed by atoms with van der Waals surface area (Å²) in [4.78, 5) is 64.9. The molecule has 3 fully saturated rings. The quantitative estimate of drug-likeness (QED) is 0.363. The van der Waals surface area contributed by atoms with Gasteiger partial charge in [0.1, 0.15) is 12.1 Å². The van der Waals surface area contributed by atoms with Crippen LogP contribution in [0, 0.1) is 29.1 Å². The van der Waals surface area contributed by atoms with Gasteiger partial charge in [0.25, 0.3) is 0 Å². The molecule has 0 unspecified atom stereocenters. The highest BCUT2D eigenvalue weighted by atomic mass is 19.4. The summed E-state index contributed by atoms with van der Waals surface area (Å²) in [6.45, 7) is 11.5. The topological polar surface area (TPSA) is 125 Å². The van der Waals surface area contributed by atoms with Gasteiger partial charge in [-0.15, -0.1) is 0 Å². The molecule has 38 heavy (non-hydrogen) atoms. The van der Waals surface area contributed by atoms with Crippen molar-refractivity contribution in [1.29, 1.82) is 0 Å². The van der Waals surface area contributed by atoms with E-state index in [-0.39, 0.29) is 48.5 Å². The smallest absolute Gasteiger partial charge is 0.356 e. The third-order valence-electron chi connectivity index (χ3n) is 8.11. The number of hydrogen-bond acceptors (Lipinski definition) is 5. The van der Waals surface area contributed by atoms with Gasteiger partial charge in [-0.3, -0.25) is 24.0 Å². The zero-order valence-electron chi connectivity index (χ0n) is 22.2. The van der Waals surface area contributed by atoms with Crippen LogP contribution in [0.2, 0.25) is 0 Å². The summed E-state index contributed by atoms with van der Waals surface area (Å²) in [5.74, 6) is -5.29. The molecule has 0 aromatic heterocycles. The van der Waals surface area contributed by atoms with Crippen LogP contribution in [0.5, 0.6) is 0 Å². The van der Waals surface area contributed by atoms with E-state index in [1.54, 1.807) is 19.2 Å². The van der Waals surface area contributed by atoms with Gasteiger partial charge in [0.05, 0.1) is 6.04 Å². The number of rotatable bonds is 10. The molecule has 0 radical (unpaired) electrons. The minimum Gasteiger partial charge on any atom is -0.356 e. The standard InChI is InChI=1S/C26H37F3N4O5/c1-6-18(34)16(11-14-8-7-9-30-21(14)35)31-22(36)20-19-15(25(19,4)5)12-33(20)23(37)17(10-13(2)3)32-24(38)26(27,28)29/h6,13-17,19-20H,1,7-12H2,2-5H3,(H,30,35)(H,31,36)(H,32,38)/t14-,15-,16-,17-,19-,20-/m0/s1. The molecule has 1 saturated carbocycles. The lowest BCUT2D eigenvalue weighted by molar-refractivity contribution is -0.175. The van der Waals surface area contributed by atoms with Gasteiger partial charge in [-0.1, -0.05) is 34.3 Å². The molecule has 9 nitrogen and oxygen atoms in total. The van der Waals surface area contributed by atoms with Crippen molar-refractivity contribution in [2.45, 2.75) is 77.7 Å². The number of ketones is 1. The number of likely N-dealkylation sites (tertiary alicyclic amines) is 1. The molecular formula is C26H37F3N4O5. The number of fused-ring (bicyclic) bond motifs is 1. The lowest BCUT2D eigenvalue weighted by Crippen LogP contribution is -2.58. The second kappa shape index (κ2) is 11.1. The molecule has 0 aromatic carbocycles. The third-order valence-corrected chi connectivity index (χ3v) is 8.11. The summed E-state index contributed by atoms with van der Waals surface area (Å²) < 4.78 is 38.9. The monoisotopic (exact) mass is 542 g/mol. The molecule has 6 atom stereocenters. The molecule has 2 aliphatic heterocycles. The fourth-order valence-corrected chi connectivity index (χ4v) is 5.94. The first-order valence-electron chi connectivity index (χ1n) is 13.0. The first-order valence-corrected chi connectivity index (χ1v) is 13.0. The first-order chi connectivity index (χ1) is 17.6. The van der Waals surface area contributed by atoms with E-state index in [0.717, 1.165) is 12.5 Å². The largest absolute Gasteiger partial charge is 0.471 e. The van der Waals surface area contributed by atoms with Crippen LogP contribution >= 0.6 is 0 Å². The van der Waals surface area contributed by atoms with E-state index in [2.05, 4.69) is 17.2 Å². The van der Waals surface area contributed by atoms with E-state index in [0.29, 0.717) is 13.0 Å². The van der Waals surface area contributed by atoms with Crippen molar-refractivity contribution in [2.24, 2.45) is 29.1 Å². The van der Waals surface area contributed by atoms with Gasteiger partial charge in [-0.2, -0.15) is 13.2 Å². The highest BCUT2D eigenvalue weighted by molar-refractivity contribution is 5.99. The Kier molecular flexibility index (Phi) is 8.62. The van der Waals surface area contributed by atoms with Crippen LogP contribution < -0.4 is 16.0 Å². The Morgan fingerprint density at radius 3 is 2.39 bits per heavy atom. The van der Waals surface area contributed by atoms with E-state index < -0.39 is 53.7 Å². The lowest BCUT2D eigenvalue weighted by atomic mass is 9.89. The van der Waals surface area contributed by atoms with Crippen LogP contribution in [0.4, 0.5) is 13.2 Å². The summed E-state index contributed by atoms with van der Waals surface area (Å²) in [6.07, 6.45) is -2.77. The summed E-state index contributed by atoms with van der Waals surface area (Å²) in [5, 5.41) is 7.25. The number of carbonyl (C=O) groups excluding carboxylic acids is 5. The highest BCUT2D eigenvalue weighted by Gasteiger charge is 2.69. The molecule has 12 heteroatoms. The summed E-state index contributed by atoms with van der Waals surface area (Å²) in [6, 6.07) is -3.53. The Balaban J connectivity index is 1.83. The lowest BCUT2D eigenvalue weighted by Gasteiger charge is -2.34. The number of alkyl halides is 3. The SMILES string of the molecule is C=CC(=O)[C@H](C[C@@H]1CCCNC1=O)NC(=O)[C@@H]1[C@@H]2[C@H](CN1C(=O)[C@H](CC(C)C)NC(=O)C(F)(F)F)C2(C)C. The number of hydrogen-bond donors (Lipinski definition) is 3. The maximum absolute atomic E-state index is 13.6. The van der Waals surface area contributed by atoms with Crippen molar-refractivity contribution in [3.05, 3.63) is 12.7 Å². The zero-order valence-corrected chi connectivity index (χ0v) is 22.2. The summed E-state index contributed by atoms with van der Waals surface area (Å²) in [5.41, 5.74) is -0.289. The van der Waals surface area contributed by atoms with Gasteiger partial charge in [0.15, 0.2) is 5.78 Å². The predicted octanol–water partition coefficient (Wildman–Crippen LogP) is 1.72. The Morgan fingerprint density at radius 2 is 1.84 bits per heavy atom. The Bertz CT molecular complexity index is 996. The summed E-state index contributed by atoms with van der Waals surface area (Å²) >= 11 is 0. The second-order valence-electron chi connectivity index (χ2n) is 11.6. The Morgan fingerprint density at radius 1 is 1.18 bits per heavy atom. The minimum atomic E-state index is -5.16. The molecular weight excluding hydrogens is 505 g/mol. The van der Waals surface area contributed by atoms with Crippen molar-refractivity contribution < 1.29 is 37.1 Å². The number of amides is 4. The summed E-state index contributed by atoms with van der Waals surface area (Å²) in [7, 11) is 0. The molecule has 3 rings (SSSR count). The number of nitrogens with zero attached hydrogens (tertiary/aromatic N) is 1. The number of halogens is 3. The molecule has 0 bridgehead atoms. The van der Waals surface area contributed by atoms with E-state index in [9.17, 15) is 37.1 Å². The average molecular weight is 543 g/mol. The van der Waals surface area contributed by atoms with E-state index in [4.69, 9.17) is 0 Å². The van der Waals surface area contributed by atoms with E-state index in [1.807, 2.05) is 13.8 Å². The van der Waals surface area contributed by atoms with Crippen molar-refractivity contribution in [3.8, 4) is 0 Å². The third kappa shape index (κ3) is 6.20. The molecule has 1 aliphatic carbocycles. The van der Waals surface area contributed by atoms with Crippen LogP contribution in [0.25, 0.3) is 0 Å². The Hall–Kier alpha value is -2.92. The second-order valence-corrected chi connectivity index (χ2v) is 11.6. The van der Waals surface area contributed by atoms with Crippen molar-refractivity contribution in [2.75, 3.05) is 13.1 Å². The molecule has 2 heterocycles. The van der Waals surface area contributed by atoms with E-state index >= 15 is 0 Å². The van der Waals surface area contributed by atoms with Gasteiger partial charge in [0, 0.05) is 19.0 Å². The molecule has 2 saturated heterocycles. The van der Waals surface area contributed by atoms with Crippen molar-refractivity contribution >= 4 is 29.4 Å². The molecule has 3 N–H and O–H groups in total. The molecule has 0 spiro atoms. The van der Waals surface area contributed by atoms with Crippen LogP contribution in [0.15, 0.2) is 12.7 Å². The molecule has 212 valence electrons. The van der Waals surface area contributed by atoms with Crippen molar-refractivity contribution in [3.63, 3.8) is 0 Å². The predicted molar refractivity (Wildman–Crippen MR) is 131 cm³/mol.